The topological polar surface area (TPSA) is 42.7 Å². The maximum Gasteiger partial charge on any atom is 0.285 e. The van der Waals surface area contributed by atoms with Crippen LogP contribution in [0, 0.1) is 0 Å². The van der Waals surface area contributed by atoms with E-state index in [2.05, 4.69) is 15.5 Å². The Balaban J connectivity index is 2.00. The van der Waals surface area contributed by atoms with Gasteiger partial charge in [-0.05, 0) is 6.92 Å². The Bertz CT molecular complexity index is 524. The number of nitrogens with one attached hydrogen (secondary N) is 1. The highest BCUT2D eigenvalue weighted by molar-refractivity contribution is 5.20. The zero-order chi connectivity index (χ0) is 13.9. The Hall–Kier alpha value is -1.82. The van der Waals surface area contributed by atoms with Gasteiger partial charge in [0.25, 0.3) is 5.92 Å². The van der Waals surface area contributed by atoms with Crippen LogP contribution in [-0.2, 0) is 13.0 Å². The standard InChI is InChI=1S/C13H16F2N4/c1-10(12-18-17-9-19(12)2)16-8-13(14,15)11-6-4-3-5-7-11/h3-7,9-10,16H,8H2,1-2H3. The van der Waals surface area contributed by atoms with Gasteiger partial charge < -0.3 is 9.88 Å². The largest absolute Gasteiger partial charge is 0.319 e. The van der Waals surface area contributed by atoms with Crippen molar-refractivity contribution in [3.05, 3.63) is 48.0 Å². The SMILES string of the molecule is CC(NCC(F)(F)c1ccccc1)c1nncn1C. The van der Waals surface area contributed by atoms with Gasteiger partial charge in [0.1, 0.15) is 12.2 Å². The minimum atomic E-state index is -2.91. The molecule has 1 aromatic heterocycles. The number of rotatable bonds is 5. The molecule has 4 nitrogen and oxygen atoms in total. The monoisotopic (exact) mass is 266 g/mol. The summed E-state index contributed by atoms with van der Waals surface area (Å²) in [6.45, 7) is 1.34. The second kappa shape index (κ2) is 5.44. The number of aryl methyl sites for hydroxylation is 1. The highest BCUT2D eigenvalue weighted by Crippen LogP contribution is 2.27. The summed E-state index contributed by atoms with van der Waals surface area (Å²) in [5.41, 5.74) is 0.00710. The Morgan fingerprint density at radius 2 is 2.00 bits per heavy atom. The van der Waals surface area contributed by atoms with E-state index in [4.69, 9.17) is 0 Å². The van der Waals surface area contributed by atoms with Crippen LogP contribution >= 0.6 is 0 Å². The highest BCUT2D eigenvalue weighted by atomic mass is 19.3. The molecule has 2 rings (SSSR count). The minimum absolute atomic E-state index is 0.00710. The second-order valence-electron chi connectivity index (χ2n) is 4.47. The van der Waals surface area contributed by atoms with Crippen molar-refractivity contribution in [2.24, 2.45) is 7.05 Å². The van der Waals surface area contributed by atoms with Gasteiger partial charge in [-0.2, -0.15) is 8.78 Å². The molecule has 0 saturated carbocycles. The zero-order valence-corrected chi connectivity index (χ0v) is 10.8. The normalized spacial score (nSPS) is 13.5. The van der Waals surface area contributed by atoms with Crippen molar-refractivity contribution in [2.45, 2.75) is 18.9 Å². The van der Waals surface area contributed by atoms with Crippen LogP contribution in [-0.4, -0.2) is 21.3 Å². The number of nitrogens with zero attached hydrogens (tertiary/aromatic N) is 3. The van der Waals surface area contributed by atoms with Gasteiger partial charge >= 0.3 is 0 Å². The van der Waals surface area contributed by atoms with E-state index in [1.165, 1.54) is 12.1 Å². The molecule has 19 heavy (non-hydrogen) atoms. The van der Waals surface area contributed by atoms with Gasteiger partial charge in [0, 0.05) is 12.6 Å². The first kappa shape index (κ1) is 13.6. The first-order chi connectivity index (χ1) is 9.00. The maximum absolute atomic E-state index is 14.0. The number of halogens is 2. The molecule has 0 spiro atoms. The highest BCUT2D eigenvalue weighted by Gasteiger charge is 2.31. The van der Waals surface area contributed by atoms with Crippen LogP contribution in [0.4, 0.5) is 8.78 Å². The summed E-state index contributed by atoms with van der Waals surface area (Å²) in [7, 11) is 1.78. The van der Waals surface area contributed by atoms with Gasteiger partial charge in [-0.25, -0.2) is 0 Å². The summed E-state index contributed by atoms with van der Waals surface area (Å²) >= 11 is 0. The van der Waals surface area contributed by atoms with Gasteiger partial charge in [-0.3, -0.25) is 0 Å². The number of hydrogen-bond donors (Lipinski definition) is 1. The fraction of sp³-hybridized carbons (Fsp3) is 0.385. The molecule has 0 saturated heterocycles. The molecule has 0 bridgehead atoms. The summed E-state index contributed by atoms with van der Waals surface area (Å²) in [6, 6.07) is 7.49. The molecule has 6 heteroatoms. The Labute approximate surface area is 110 Å². The van der Waals surface area contributed by atoms with E-state index >= 15 is 0 Å². The molecule has 1 unspecified atom stereocenters. The molecule has 0 aliphatic carbocycles. The third-order valence-corrected chi connectivity index (χ3v) is 2.96. The summed E-state index contributed by atoms with van der Waals surface area (Å²) < 4.78 is 29.6. The molecular weight excluding hydrogens is 250 g/mol. The van der Waals surface area contributed by atoms with Crippen LogP contribution in [0.15, 0.2) is 36.7 Å². The van der Waals surface area contributed by atoms with E-state index in [1.54, 1.807) is 43.1 Å². The van der Waals surface area contributed by atoms with Crippen LogP contribution in [0.3, 0.4) is 0 Å². The Morgan fingerprint density at radius 3 is 2.58 bits per heavy atom. The predicted octanol–water partition coefficient (Wildman–Crippen LogP) is 2.26. The lowest BCUT2D eigenvalue weighted by Gasteiger charge is -2.20. The maximum atomic E-state index is 14.0. The first-order valence-corrected chi connectivity index (χ1v) is 6.01. The van der Waals surface area contributed by atoms with Gasteiger partial charge in [0.05, 0.1) is 12.6 Å². The lowest BCUT2D eigenvalue weighted by Crippen LogP contribution is -2.33. The minimum Gasteiger partial charge on any atom is -0.319 e. The third kappa shape index (κ3) is 3.14. The van der Waals surface area contributed by atoms with Crippen molar-refractivity contribution >= 4 is 0 Å². The fourth-order valence-corrected chi connectivity index (χ4v) is 1.84. The summed E-state index contributed by atoms with van der Waals surface area (Å²) in [4.78, 5) is 0. The van der Waals surface area contributed by atoms with Crippen LogP contribution in [0.1, 0.15) is 24.4 Å². The van der Waals surface area contributed by atoms with E-state index in [-0.39, 0.29) is 11.6 Å². The quantitative estimate of drug-likeness (QED) is 0.902. The Kier molecular flexibility index (Phi) is 3.90. The van der Waals surface area contributed by atoms with E-state index in [9.17, 15) is 8.78 Å². The molecule has 1 aromatic carbocycles. The lowest BCUT2D eigenvalue weighted by atomic mass is 10.1. The van der Waals surface area contributed by atoms with Crippen molar-refractivity contribution in [1.82, 2.24) is 20.1 Å². The third-order valence-electron chi connectivity index (χ3n) is 2.96. The molecule has 0 aliphatic rings. The van der Waals surface area contributed by atoms with Gasteiger partial charge in [0.2, 0.25) is 0 Å². The van der Waals surface area contributed by atoms with Gasteiger partial charge in [-0.1, -0.05) is 30.3 Å². The summed E-state index contributed by atoms with van der Waals surface area (Å²) in [5, 5.41) is 10.4. The molecule has 2 aromatic rings. The van der Waals surface area contributed by atoms with Crippen molar-refractivity contribution in [2.75, 3.05) is 6.54 Å². The molecule has 0 amide bonds. The van der Waals surface area contributed by atoms with Crippen LogP contribution in [0.2, 0.25) is 0 Å². The molecule has 0 fully saturated rings. The fourth-order valence-electron chi connectivity index (χ4n) is 1.84. The van der Waals surface area contributed by atoms with Crippen LogP contribution in [0.5, 0.6) is 0 Å². The molecular formula is C13H16F2N4. The summed E-state index contributed by atoms with van der Waals surface area (Å²) in [5.74, 6) is -2.28. The second-order valence-corrected chi connectivity index (χ2v) is 4.47. The number of hydrogen-bond acceptors (Lipinski definition) is 3. The average molecular weight is 266 g/mol. The average Bonchev–Trinajstić information content (AvgIpc) is 2.83. The van der Waals surface area contributed by atoms with Crippen molar-refractivity contribution in [1.29, 1.82) is 0 Å². The van der Waals surface area contributed by atoms with E-state index in [0.29, 0.717) is 5.82 Å². The molecule has 1 N–H and O–H groups in total. The molecule has 0 radical (unpaired) electrons. The van der Waals surface area contributed by atoms with Crippen molar-refractivity contribution in [3.8, 4) is 0 Å². The Morgan fingerprint density at radius 1 is 1.32 bits per heavy atom. The van der Waals surface area contributed by atoms with Crippen molar-refractivity contribution < 1.29 is 8.78 Å². The zero-order valence-electron chi connectivity index (χ0n) is 10.8. The van der Waals surface area contributed by atoms with E-state index in [1.807, 2.05) is 0 Å². The molecule has 0 aliphatic heterocycles. The van der Waals surface area contributed by atoms with Gasteiger partial charge in [0.15, 0.2) is 0 Å². The van der Waals surface area contributed by atoms with Crippen LogP contribution < -0.4 is 5.32 Å². The number of benzene rings is 1. The van der Waals surface area contributed by atoms with Crippen LogP contribution in [0.25, 0.3) is 0 Å². The summed E-state index contributed by atoms with van der Waals surface area (Å²) in [6.07, 6.45) is 1.54. The molecule has 102 valence electrons. The smallest absolute Gasteiger partial charge is 0.285 e. The number of aromatic nitrogens is 3. The molecule has 1 heterocycles. The first-order valence-electron chi connectivity index (χ1n) is 6.01. The number of alkyl halides is 2. The molecule has 1 atom stereocenters. The predicted molar refractivity (Wildman–Crippen MR) is 67.8 cm³/mol. The van der Waals surface area contributed by atoms with E-state index in [0.717, 1.165) is 0 Å². The van der Waals surface area contributed by atoms with Gasteiger partial charge in [-0.15, -0.1) is 10.2 Å². The van der Waals surface area contributed by atoms with Crippen molar-refractivity contribution in [3.63, 3.8) is 0 Å². The van der Waals surface area contributed by atoms with E-state index < -0.39 is 12.5 Å². The lowest BCUT2D eigenvalue weighted by molar-refractivity contribution is -0.00562.